The van der Waals surface area contributed by atoms with Crippen molar-refractivity contribution in [3.8, 4) is 0 Å². The Balaban J connectivity index is 1.97. The van der Waals surface area contributed by atoms with Crippen molar-refractivity contribution in [1.29, 1.82) is 0 Å². The zero-order valence-electron chi connectivity index (χ0n) is 13.1. The Morgan fingerprint density at radius 1 is 1.33 bits per heavy atom. The monoisotopic (exact) mass is 346 g/mol. The molecule has 0 radical (unpaired) electrons. The van der Waals surface area contributed by atoms with Gasteiger partial charge in [-0.25, -0.2) is 13.1 Å². The molecule has 3 rings (SSSR count). The first-order chi connectivity index (χ1) is 11.4. The van der Waals surface area contributed by atoms with Gasteiger partial charge in [0, 0.05) is 17.6 Å². The molecule has 0 amide bonds. The van der Waals surface area contributed by atoms with Gasteiger partial charge in [-0.3, -0.25) is 9.78 Å². The molecule has 1 aliphatic carbocycles. The number of pyridine rings is 1. The van der Waals surface area contributed by atoms with Crippen molar-refractivity contribution in [1.82, 2.24) is 9.71 Å². The second-order valence-corrected chi connectivity index (χ2v) is 7.59. The van der Waals surface area contributed by atoms with Gasteiger partial charge in [0.05, 0.1) is 16.3 Å². The SMILES string of the molecule is Cc1ccc2ncccc2c1S(=O)(=O)N[C@H]1C=CC[C@H](C(=O)O)C1. The number of allylic oxidation sites excluding steroid dienone is 1. The maximum atomic E-state index is 12.9. The van der Waals surface area contributed by atoms with Crippen molar-refractivity contribution in [3.63, 3.8) is 0 Å². The number of carboxylic acids is 1. The third-order valence-corrected chi connectivity index (χ3v) is 5.88. The van der Waals surface area contributed by atoms with Gasteiger partial charge in [-0.2, -0.15) is 0 Å². The van der Waals surface area contributed by atoms with Gasteiger partial charge in [0.1, 0.15) is 0 Å². The van der Waals surface area contributed by atoms with E-state index in [1.807, 2.05) is 0 Å². The molecular formula is C17H18N2O4S. The zero-order chi connectivity index (χ0) is 17.3. The lowest BCUT2D eigenvalue weighted by atomic mass is 9.92. The average Bonchev–Trinajstić information content (AvgIpc) is 2.54. The quantitative estimate of drug-likeness (QED) is 0.828. The Bertz CT molecular complexity index is 921. The number of carbonyl (C=O) groups is 1. The average molecular weight is 346 g/mol. The Labute approximate surface area is 140 Å². The molecular weight excluding hydrogens is 328 g/mol. The van der Waals surface area contributed by atoms with E-state index in [4.69, 9.17) is 5.11 Å². The van der Waals surface area contributed by atoms with E-state index in [2.05, 4.69) is 9.71 Å². The van der Waals surface area contributed by atoms with Gasteiger partial charge >= 0.3 is 5.97 Å². The molecule has 0 saturated heterocycles. The highest BCUT2D eigenvalue weighted by molar-refractivity contribution is 7.89. The minimum absolute atomic E-state index is 0.193. The summed E-state index contributed by atoms with van der Waals surface area (Å²) in [6, 6.07) is 6.39. The molecule has 1 aromatic heterocycles. The van der Waals surface area contributed by atoms with E-state index in [0.717, 1.165) is 0 Å². The summed E-state index contributed by atoms with van der Waals surface area (Å²) < 4.78 is 28.4. The first-order valence-electron chi connectivity index (χ1n) is 7.64. The van der Waals surface area contributed by atoms with E-state index < -0.39 is 28.0 Å². The van der Waals surface area contributed by atoms with Gasteiger partial charge in [-0.05, 0) is 43.5 Å². The summed E-state index contributed by atoms with van der Waals surface area (Å²) >= 11 is 0. The lowest BCUT2D eigenvalue weighted by Crippen LogP contribution is -2.38. The Morgan fingerprint density at radius 3 is 2.88 bits per heavy atom. The molecule has 0 bridgehead atoms. The van der Waals surface area contributed by atoms with Crippen LogP contribution in [-0.4, -0.2) is 30.5 Å². The number of fused-ring (bicyclic) bond motifs is 1. The minimum Gasteiger partial charge on any atom is -0.481 e. The lowest BCUT2D eigenvalue weighted by molar-refractivity contribution is -0.142. The fourth-order valence-corrected chi connectivity index (χ4v) is 4.67. The van der Waals surface area contributed by atoms with E-state index in [-0.39, 0.29) is 11.3 Å². The first kappa shape index (κ1) is 16.6. The van der Waals surface area contributed by atoms with Crippen LogP contribution in [0, 0.1) is 12.8 Å². The number of nitrogens with one attached hydrogen (secondary N) is 1. The van der Waals surface area contributed by atoms with Gasteiger partial charge in [0.15, 0.2) is 0 Å². The van der Waals surface area contributed by atoms with Crippen molar-refractivity contribution in [2.45, 2.75) is 30.7 Å². The number of aliphatic carboxylic acids is 1. The fourth-order valence-electron chi connectivity index (χ4n) is 3.03. The van der Waals surface area contributed by atoms with E-state index in [1.54, 1.807) is 49.5 Å². The molecule has 1 aliphatic rings. The van der Waals surface area contributed by atoms with Crippen LogP contribution in [0.2, 0.25) is 0 Å². The van der Waals surface area contributed by atoms with E-state index >= 15 is 0 Å². The maximum Gasteiger partial charge on any atom is 0.306 e. The van der Waals surface area contributed by atoms with Crippen LogP contribution in [0.1, 0.15) is 18.4 Å². The number of benzene rings is 1. The lowest BCUT2D eigenvalue weighted by Gasteiger charge is -2.23. The number of hydrogen-bond donors (Lipinski definition) is 2. The fraction of sp³-hybridized carbons (Fsp3) is 0.294. The number of carboxylic acid groups (broad SMARTS) is 1. The standard InChI is InChI=1S/C17H18N2O4S/c1-11-7-8-15-14(6-3-9-18-15)16(11)24(22,23)19-13-5-2-4-12(10-13)17(20)21/h2-3,5-9,12-13,19H,4,10H2,1H3,(H,20,21)/t12-,13-/m0/s1. The van der Waals surface area contributed by atoms with E-state index in [0.29, 0.717) is 22.9 Å². The molecule has 2 aromatic rings. The minimum atomic E-state index is -3.80. The second kappa shape index (κ2) is 6.33. The topological polar surface area (TPSA) is 96.4 Å². The Hall–Kier alpha value is -2.25. The zero-order valence-corrected chi connectivity index (χ0v) is 14.0. The van der Waals surface area contributed by atoms with Crippen LogP contribution >= 0.6 is 0 Å². The van der Waals surface area contributed by atoms with Crippen LogP contribution in [0.5, 0.6) is 0 Å². The molecule has 0 aliphatic heterocycles. The highest BCUT2D eigenvalue weighted by Crippen LogP contribution is 2.27. The predicted molar refractivity (Wildman–Crippen MR) is 90.1 cm³/mol. The van der Waals surface area contributed by atoms with Gasteiger partial charge in [-0.1, -0.05) is 18.2 Å². The van der Waals surface area contributed by atoms with Crippen LogP contribution in [0.3, 0.4) is 0 Å². The third-order valence-electron chi connectivity index (χ3n) is 4.18. The van der Waals surface area contributed by atoms with Gasteiger partial charge < -0.3 is 5.11 Å². The summed E-state index contributed by atoms with van der Waals surface area (Å²) in [5.74, 6) is -1.48. The first-order valence-corrected chi connectivity index (χ1v) is 9.13. The molecule has 2 N–H and O–H groups in total. The molecule has 7 heteroatoms. The van der Waals surface area contributed by atoms with Crippen LogP contribution in [0.4, 0.5) is 0 Å². The van der Waals surface area contributed by atoms with E-state index in [9.17, 15) is 13.2 Å². The number of aryl methyl sites for hydroxylation is 1. The highest BCUT2D eigenvalue weighted by Gasteiger charge is 2.28. The van der Waals surface area contributed by atoms with Crippen LogP contribution in [0.15, 0.2) is 47.5 Å². The van der Waals surface area contributed by atoms with E-state index in [1.165, 1.54) is 0 Å². The Kier molecular flexibility index (Phi) is 4.38. The molecule has 0 saturated carbocycles. The van der Waals surface area contributed by atoms with Crippen molar-refractivity contribution in [3.05, 3.63) is 48.2 Å². The Morgan fingerprint density at radius 2 is 2.12 bits per heavy atom. The summed E-state index contributed by atoms with van der Waals surface area (Å²) in [6.07, 6.45) is 5.71. The van der Waals surface area contributed by atoms with Crippen molar-refractivity contribution >= 4 is 26.9 Å². The second-order valence-electron chi connectivity index (χ2n) is 5.94. The van der Waals surface area contributed by atoms with Crippen molar-refractivity contribution < 1.29 is 18.3 Å². The molecule has 24 heavy (non-hydrogen) atoms. The van der Waals surface area contributed by atoms with Crippen molar-refractivity contribution in [2.24, 2.45) is 5.92 Å². The summed E-state index contributed by atoms with van der Waals surface area (Å²) in [5.41, 5.74) is 1.23. The molecule has 1 heterocycles. The number of rotatable bonds is 4. The largest absolute Gasteiger partial charge is 0.481 e. The molecule has 0 fully saturated rings. The molecule has 0 unspecified atom stereocenters. The molecule has 0 spiro atoms. The summed E-state index contributed by atoms with van der Waals surface area (Å²) in [4.78, 5) is 15.5. The predicted octanol–water partition coefficient (Wildman–Crippen LogP) is 2.24. The molecule has 2 atom stereocenters. The molecule has 1 aromatic carbocycles. The van der Waals surface area contributed by atoms with Gasteiger partial charge in [0.25, 0.3) is 0 Å². The third kappa shape index (κ3) is 3.18. The van der Waals surface area contributed by atoms with Gasteiger partial charge in [-0.15, -0.1) is 0 Å². The normalized spacial score (nSPS) is 21.0. The van der Waals surface area contributed by atoms with Gasteiger partial charge in [0.2, 0.25) is 10.0 Å². The summed E-state index contributed by atoms with van der Waals surface area (Å²) in [5, 5.41) is 9.69. The maximum absolute atomic E-state index is 12.9. The van der Waals surface area contributed by atoms with Crippen molar-refractivity contribution in [2.75, 3.05) is 0 Å². The van der Waals surface area contributed by atoms with Crippen LogP contribution in [0.25, 0.3) is 10.9 Å². The number of hydrogen-bond acceptors (Lipinski definition) is 4. The summed E-state index contributed by atoms with van der Waals surface area (Å²) in [7, 11) is -3.80. The van der Waals surface area contributed by atoms with Crippen LogP contribution in [-0.2, 0) is 14.8 Å². The highest BCUT2D eigenvalue weighted by atomic mass is 32.2. The van der Waals surface area contributed by atoms with Crippen LogP contribution < -0.4 is 4.72 Å². The smallest absolute Gasteiger partial charge is 0.306 e. The molecule has 126 valence electrons. The molecule has 6 nitrogen and oxygen atoms in total. The number of aromatic nitrogens is 1. The summed E-state index contributed by atoms with van der Waals surface area (Å²) in [6.45, 7) is 1.73. The number of sulfonamides is 1. The number of nitrogens with zero attached hydrogens (tertiary/aromatic N) is 1.